The highest BCUT2D eigenvalue weighted by Crippen LogP contribution is 2.47. The molecular formula is C19H19FN2O2S. The third-order valence-electron chi connectivity index (χ3n) is 5.26. The van der Waals surface area contributed by atoms with Crippen LogP contribution in [0.2, 0.25) is 0 Å². The lowest BCUT2D eigenvalue weighted by atomic mass is 9.93. The summed E-state index contributed by atoms with van der Waals surface area (Å²) >= 11 is 1.47. The summed E-state index contributed by atoms with van der Waals surface area (Å²) in [6.07, 6.45) is 4.48. The molecule has 25 heavy (non-hydrogen) atoms. The molecule has 0 spiro atoms. The molecule has 1 amide bonds. The Bertz CT molecular complexity index is 838. The number of hydrogen-bond donors (Lipinski definition) is 2. The van der Waals surface area contributed by atoms with Crippen molar-refractivity contribution in [2.45, 2.75) is 37.5 Å². The first kappa shape index (κ1) is 16.3. The van der Waals surface area contributed by atoms with Gasteiger partial charge < -0.3 is 10.5 Å². The summed E-state index contributed by atoms with van der Waals surface area (Å²) in [6.45, 7) is 0.559. The Morgan fingerprint density at radius 2 is 2.04 bits per heavy atom. The number of carbonyl (C=O) groups excluding carboxylic acids is 1. The second kappa shape index (κ2) is 6.26. The monoisotopic (exact) mass is 358 g/mol. The lowest BCUT2D eigenvalue weighted by Gasteiger charge is -2.18. The molecule has 4 nitrogen and oxygen atoms in total. The van der Waals surface area contributed by atoms with E-state index in [1.54, 1.807) is 0 Å². The molecule has 0 unspecified atom stereocenters. The SMILES string of the molecule is O=C(NCC1(c2ccc(F)cc2)CC1)c1csc2c1CCC/C2=N/O. The summed E-state index contributed by atoms with van der Waals surface area (Å²) in [5.41, 5.74) is 3.38. The summed E-state index contributed by atoms with van der Waals surface area (Å²) in [6, 6.07) is 6.57. The molecule has 1 heterocycles. The van der Waals surface area contributed by atoms with Crippen LogP contribution in [-0.4, -0.2) is 23.4 Å². The Balaban J connectivity index is 1.48. The Morgan fingerprint density at radius 3 is 2.72 bits per heavy atom. The molecule has 4 rings (SSSR count). The predicted molar refractivity (Wildman–Crippen MR) is 95.2 cm³/mol. The van der Waals surface area contributed by atoms with E-state index in [2.05, 4.69) is 10.5 Å². The quantitative estimate of drug-likeness (QED) is 0.644. The number of oxime groups is 1. The molecule has 1 aromatic carbocycles. The number of fused-ring (bicyclic) bond motifs is 1. The van der Waals surface area contributed by atoms with E-state index in [-0.39, 0.29) is 17.1 Å². The van der Waals surface area contributed by atoms with Gasteiger partial charge in [-0.3, -0.25) is 4.79 Å². The van der Waals surface area contributed by atoms with Crippen LogP contribution in [0.15, 0.2) is 34.8 Å². The maximum Gasteiger partial charge on any atom is 0.252 e. The van der Waals surface area contributed by atoms with E-state index < -0.39 is 0 Å². The molecule has 130 valence electrons. The molecule has 0 atom stereocenters. The van der Waals surface area contributed by atoms with Gasteiger partial charge >= 0.3 is 0 Å². The highest BCUT2D eigenvalue weighted by molar-refractivity contribution is 7.12. The van der Waals surface area contributed by atoms with Crippen molar-refractivity contribution in [2.24, 2.45) is 5.16 Å². The van der Waals surface area contributed by atoms with Crippen molar-refractivity contribution < 1.29 is 14.4 Å². The number of amides is 1. The van der Waals surface area contributed by atoms with Crippen LogP contribution in [0.25, 0.3) is 0 Å². The van der Waals surface area contributed by atoms with Crippen molar-refractivity contribution in [3.05, 3.63) is 57.0 Å². The summed E-state index contributed by atoms with van der Waals surface area (Å²) in [4.78, 5) is 13.6. The lowest BCUT2D eigenvalue weighted by Crippen LogP contribution is -2.32. The van der Waals surface area contributed by atoms with Crippen LogP contribution >= 0.6 is 11.3 Å². The third kappa shape index (κ3) is 2.95. The van der Waals surface area contributed by atoms with E-state index in [4.69, 9.17) is 5.21 Å². The lowest BCUT2D eigenvalue weighted by molar-refractivity contribution is 0.0949. The normalized spacial score (nSPS) is 19.5. The number of rotatable bonds is 4. The molecule has 0 aliphatic heterocycles. The number of halogens is 1. The second-order valence-corrected chi connectivity index (χ2v) is 7.71. The van der Waals surface area contributed by atoms with Crippen molar-refractivity contribution in [1.29, 1.82) is 0 Å². The standard InChI is InChI=1S/C19H19FN2O2S/c20-13-6-4-12(5-7-13)19(8-9-19)11-21-18(23)15-10-25-17-14(15)2-1-3-16(17)22-24/h4-7,10,24H,1-3,8-9,11H2,(H,21,23)/b22-16-. The first-order chi connectivity index (χ1) is 12.1. The van der Waals surface area contributed by atoms with E-state index in [0.717, 1.165) is 48.1 Å². The van der Waals surface area contributed by atoms with Gasteiger partial charge in [0, 0.05) is 17.3 Å². The molecule has 0 radical (unpaired) electrons. The Hall–Kier alpha value is -2.21. The molecular weight excluding hydrogens is 339 g/mol. The van der Waals surface area contributed by atoms with Gasteiger partial charge in [0.15, 0.2) is 0 Å². The fourth-order valence-electron chi connectivity index (χ4n) is 3.57. The maximum atomic E-state index is 13.1. The number of benzene rings is 1. The molecule has 6 heteroatoms. The fraction of sp³-hybridized carbons (Fsp3) is 0.368. The van der Waals surface area contributed by atoms with Crippen LogP contribution in [0.1, 0.15) is 52.0 Å². The van der Waals surface area contributed by atoms with E-state index >= 15 is 0 Å². The molecule has 1 saturated carbocycles. The smallest absolute Gasteiger partial charge is 0.252 e. The van der Waals surface area contributed by atoms with Crippen LogP contribution < -0.4 is 5.32 Å². The van der Waals surface area contributed by atoms with Crippen LogP contribution in [0.5, 0.6) is 0 Å². The minimum atomic E-state index is -0.241. The van der Waals surface area contributed by atoms with E-state index in [0.29, 0.717) is 17.8 Å². The van der Waals surface area contributed by atoms with Gasteiger partial charge in [-0.15, -0.1) is 11.3 Å². The van der Waals surface area contributed by atoms with Gasteiger partial charge in [0.2, 0.25) is 0 Å². The summed E-state index contributed by atoms with van der Waals surface area (Å²) < 4.78 is 13.1. The molecule has 1 aromatic heterocycles. The first-order valence-electron chi connectivity index (χ1n) is 8.49. The van der Waals surface area contributed by atoms with Crippen LogP contribution in [0.4, 0.5) is 4.39 Å². The van der Waals surface area contributed by atoms with Gasteiger partial charge in [-0.1, -0.05) is 17.3 Å². The van der Waals surface area contributed by atoms with Gasteiger partial charge in [0.25, 0.3) is 5.91 Å². The molecule has 0 saturated heterocycles. The molecule has 1 fully saturated rings. The van der Waals surface area contributed by atoms with Gasteiger partial charge in [0.05, 0.1) is 16.2 Å². The van der Waals surface area contributed by atoms with Crippen molar-refractivity contribution in [1.82, 2.24) is 5.32 Å². The minimum absolute atomic E-state index is 0.0584. The minimum Gasteiger partial charge on any atom is -0.411 e. The van der Waals surface area contributed by atoms with Crippen molar-refractivity contribution in [2.75, 3.05) is 6.54 Å². The maximum absolute atomic E-state index is 13.1. The first-order valence-corrected chi connectivity index (χ1v) is 9.37. The molecule has 0 bridgehead atoms. The summed E-state index contributed by atoms with van der Waals surface area (Å²) in [5, 5.41) is 17.4. The van der Waals surface area contributed by atoms with E-state index in [1.165, 1.54) is 23.5 Å². The van der Waals surface area contributed by atoms with E-state index in [1.807, 2.05) is 17.5 Å². The van der Waals surface area contributed by atoms with Crippen LogP contribution in [0, 0.1) is 5.82 Å². The largest absolute Gasteiger partial charge is 0.411 e. The Kier molecular flexibility index (Phi) is 4.07. The zero-order valence-corrected chi connectivity index (χ0v) is 14.5. The second-order valence-electron chi connectivity index (χ2n) is 6.83. The van der Waals surface area contributed by atoms with Crippen molar-refractivity contribution in [3.8, 4) is 0 Å². The zero-order chi connectivity index (χ0) is 17.4. The number of thiophene rings is 1. The number of nitrogens with zero attached hydrogens (tertiary/aromatic N) is 1. The molecule has 2 aliphatic rings. The van der Waals surface area contributed by atoms with Gasteiger partial charge in [-0.05, 0) is 55.4 Å². The van der Waals surface area contributed by atoms with E-state index in [9.17, 15) is 9.18 Å². The van der Waals surface area contributed by atoms with Crippen LogP contribution in [0.3, 0.4) is 0 Å². The van der Waals surface area contributed by atoms with Gasteiger partial charge in [-0.25, -0.2) is 4.39 Å². The zero-order valence-electron chi connectivity index (χ0n) is 13.7. The van der Waals surface area contributed by atoms with Gasteiger partial charge in [-0.2, -0.15) is 0 Å². The summed E-state index contributed by atoms with van der Waals surface area (Å²) in [5.74, 6) is -0.320. The van der Waals surface area contributed by atoms with Crippen molar-refractivity contribution >= 4 is 23.0 Å². The number of hydrogen-bond acceptors (Lipinski definition) is 4. The highest BCUT2D eigenvalue weighted by Gasteiger charge is 2.44. The molecule has 2 aromatic rings. The number of carbonyl (C=O) groups is 1. The average molecular weight is 358 g/mol. The fourth-order valence-corrected chi connectivity index (χ4v) is 4.69. The average Bonchev–Trinajstić information content (AvgIpc) is 3.30. The highest BCUT2D eigenvalue weighted by atomic mass is 32.1. The molecule has 2 aliphatic carbocycles. The topological polar surface area (TPSA) is 61.7 Å². The van der Waals surface area contributed by atoms with Crippen molar-refractivity contribution in [3.63, 3.8) is 0 Å². The van der Waals surface area contributed by atoms with Crippen LogP contribution in [-0.2, 0) is 11.8 Å². The third-order valence-corrected chi connectivity index (χ3v) is 6.33. The Labute approximate surface area is 149 Å². The number of nitrogens with one attached hydrogen (secondary N) is 1. The van der Waals surface area contributed by atoms with Gasteiger partial charge in [0.1, 0.15) is 5.82 Å². The Morgan fingerprint density at radius 1 is 1.28 bits per heavy atom. The predicted octanol–water partition coefficient (Wildman–Crippen LogP) is 3.86. The summed E-state index contributed by atoms with van der Waals surface area (Å²) in [7, 11) is 0. The molecule has 2 N–H and O–H groups in total.